The number of carbonyl (C=O) groups is 2. The number of aryl methyl sites for hydroxylation is 2. The molecule has 39 heavy (non-hydrogen) atoms. The van der Waals surface area contributed by atoms with Crippen molar-refractivity contribution in [3.05, 3.63) is 81.9 Å². The topological polar surface area (TPSA) is 93.1 Å². The lowest BCUT2D eigenvalue weighted by molar-refractivity contribution is -0.139. The lowest BCUT2D eigenvalue weighted by atomic mass is 9.90. The molecular weight excluding hydrogens is 513 g/mol. The average Bonchev–Trinajstić information content (AvgIpc) is 2.81. The van der Waals surface area contributed by atoms with Crippen molar-refractivity contribution >= 4 is 11.9 Å². The van der Waals surface area contributed by atoms with Crippen LogP contribution in [0.3, 0.4) is 0 Å². The molecular formula is C30H31F3O6. The van der Waals surface area contributed by atoms with Gasteiger partial charge >= 0.3 is 18.1 Å². The van der Waals surface area contributed by atoms with Gasteiger partial charge in [0.05, 0.1) is 11.5 Å². The van der Waals surface area contributed by atoms with Gasteiger partial charge in [-0.25, -0.2) is 4.79 Å². The summed E-state index contributed by atoms with van der Waals surface area (Å²) in [6, 6.07) is 12.5. The highest BCUT2D eigenvalue weighted by Gasteiger charge is 2.37. The number of esters is 1. The van der Waals surface area contributed by atoms with Crippen LogP contribution in [0.25, 0.3) is 11.1 Å². The van der Waals surface area contributed by atoms with Crippen molar-refractivity contribution in [3.8, 4) is 22.6 Å². The van der Waals surface area contributed by atoms with Crippen LogP contribution in [-0.4, -0.2) is 27.8 Å². The Morgan fingerprint density at radius 3 is 2.10 bits per heavy atom. The molecule has 0 aromatic heterocycles. The fourth-order valence-electron chi connectivity index (χ4n) is 4.18. The van der Waals surface area contributed by atoms with Gasteiger partial charge in [0.15, 0.2) is 0 Å². The molecule has 1 atom stereocenters. The lowest BCUT2D eigenvalue weighted by Gasteiger charge is -2.22. The first-order valence-electron chi connectivity index (χ1n) is 12.2. The number of hydrogen-bond donors (Lipinski definition) is 2. The molecule has 2 N–H and O–H groups in total. The number of aliphatic carboxylic acids is 1. The second-order valence-electron chi connectivity index (χ2n) is 10.4. The van der Waals surface area contributed by atoms with Gasteiger partial charge in [-0.1, -0.05) is 30.3 Å². The first kappa shape index (κ1) is 29.5. The zero-order valence-corrected chi connectivity index (χ0v) is 22.6. The SMILES string of the molecule is Cc1cc(C(C)C(=O)O)c(C)cc1-c1ccc(OCc2ccc(C(F)(F)F)c(O)c2C(=O)OC(C)(C)C)cc1. The Hall–Kier alpha value is -4.01. The van der Waals surface area contributed by atoms with Crippen molar-refractivity contribution in [2.45, 2.75) is 65.8 Å². The summed E-state index contributed by atoms with van der Waals surface area (Å²) in [5.74, 6) is -3.45. The van der Waals surface area contributed by atoms with Crippen molar-refractivity contribution in [1.82, 2.24) is 0 Å². The zero-order chi connectivity index (χ0) is 29.3. The fourth-order valence-corrected chi connectivity index (χ4v) is 4.18. The van der Waals surface area contributed by atoms with Crippen LogP contribution in [0.2, 0.25) is 0 Å². The largest absolute Gasteiger partial charge is 0.506 e. The number of carboxylic acid groups (broad SMARTS) is 1. The predicted octanol–water partition coefficient (Wildman–Crippen LogP) is 7.42. The molecule has 0 saturated heterocycles. The number of phenolic OH excluding ortho intramolecular Hbond substituents is 1. The van der Waals surface area contributed by atoms with E-state index in [1.54, 1.807) is 52.0 Å². The molecule has 1 unspecified atom stereocenters. The van der Waals surface area contributed by atoms with E-state index >= 15 is 0 Å². The van der Waals surface area contributed by atoms with Crippen molar-refractivity contribution < 1.29 is 42.4 Å². The number of hydrogen-bond acceptors (Lipinski definition) is 5. The normalized spacial score (nSPS) is 12.6. The molecule has 0 aliphatic carbocycles. The number of carbonyl (C=O) groups excluding carboxylic acids is 1. The van der Waals surface area contributed by atoms with E-state index in [1.165, 1.54) is 0 Å². The van der Waals surface area contributed by atoms with Crippen LogP contribution >= 0.6 is 0 Å². The summed E-state index contributed by atoms with van der Waals surface area (Å²) in [4.78, 5) is 24.1. The Kier molecular flexibility index (Phi) is 8.33. The van der Waals surface area contributed by atoms with Crippen LogP contribution < -0.4 is 4.74 Å². The maximum atomic E-state index is 13.4. The van der Waals surface area contributed by atoms with Gasteiger partial charge in [0.2, 0.25) is 0 Å². The van der Waals surface area contributed by atoms with E-state index in [9.17, 15) is 33.0 Å². The fraction of sp³-hybridized carbons (Fsp3) is 0.333. The third-order valence-corrected chi connectivity index (χ3v) is 6.18. The lowest BCUT2D eigenvalue weighted by Crippen LogP contribution is -2.25. The standard InChI is InChI=1S/C30H31F3O6/c1-16-14-23(17(2)13-22(16)18(3)27(35)36)19-7-10-21(11-8-19)38-15-20-9-12-24(30(31,32)33)26(34)25(20)28(37)39-29(4,5)6/h7-14,18,34H,15H2,1-6H3,(H,35,36). The van der Waals surface area contributed by atoms with Gasteiger partial charge in [-0.15, -0.1) is 0 Å². The summed E-state index contributed by atoms with van der Waals surface area (Å²) in [6.07, 6.45) is -4.86. The van der Waals surface area contributed by atoms with E-state index in [2.05, 4.69) is 0 Å². The van der Waals surface area contributed by atoms with Gasteiger partial charge in [-0.05, 0) is 87.6 Å². The average molecular weight is 545 g/mol. The number of halogens is 3. The molecule has 0 spiro atoms. The third-order valence-electron chi connectivity index (χ3n) is 6.18. The number of rotatable bonds is 7. The maximum Gasteiger partial charge on any atom is 0.419 e. The molecule has 6 nitrogen and oxygen atoms in total. The molecule has 0 amide bonds. The van der Waals surface area contributed by atoms with Crippen LogP contribution in [0.1, 0.15) is 71.8 Å². The number of benzene rings is 3. The monoisotopic (exact) mass is 544 g/mol. The highest BCUT2D eigenvalue weighted by molar-refractivity contribution is 5.95. The molecule has 3 aromatic carbocycles. The number of phenols is 1. The van der Waals surface area contributed by atoms with Gasteiger partial charge in [-0.3, -0.25) is 4.79 Å². The van der Waals surface area contributed by atoms with Crippen molar-refractivity contribution in [1.29, 1.82) is 0 Å². The minimum absolute atomic E-state index is 0.0356. The number of alkyl halides is 3. The molecule has 0 radical (unpaired) electrons. The Bertz CT molecular complexity index is 1390. The van der Waals surface area contributed by atoms with Crippen LogP contribution in [-0.2, 0) is 22.3 Å². The minimum atomic E-state index is -4.86. The van der Waals surface area contributed by atoms with Gasteiger partial charge in [0.25, 0.3) is 0 Å². The van der Waals surface area contributed by atoms with E-state index in [-0.39, 0.29) is 12.2 Å². The molecule has 0 aliphatic rings. The molecule has 9 heteroatoms. The zero-order valence-electron chi connectivity index (χ0n) is 22.6. The van der Waals surface area contributed by atoms with Gasteiger partial charge < -0.3 is 19.7 Å². The molecule has 0 bridgehead atoms. The van der Waals surface area contributed by atoms with Gasteiger partial charge in [0, 0.05) is 5.56 Å². The van der Waals surface area contributed by atoms with Gasteiger partial charge in [0.1, 0.15) is 29.3 Å². The summed E-state index contributed by atoms with van der Waals surface area (Å²) in [5, 5.41) is 19.7. The van der Waals surface area contributed by atoms with Crippen LogP contribution in [0.15, 0.2) is 48.5 Å². The van der Waals surface area contributed by atoms with E-state index < -0.39 is 46.5 Å². The molecule has 3 aromatic rings. The summed E-state index contributed by atoms with van der Waals surface area (Å²) >= 11 is 0. The maximum absolute atomic E-state index is 13.4. The van der Waals surface area contributed by atoms with Crippen molar-refractivity contribution in [2.75, 3.05) is 0 Å². The summed E-state index contributed by atoms with van der Waals surface area (Å²) < 4.78 is 51.1. The highest BCUT2D eigenvalue weighted by Crippen LogP contribution is 2.40. The Morgan fingerprint density at radius 1 is 0.949 bits per heavy atom. The Balaban J connectivity index is 1.87. The molecule has 3 rings (SSSR count). The summed E-state index contributed by atoms with van der Waals surface area (Å²) in [5.41, 5.74) is 1.37. The molecule has 208 valence electrons. The minimum Gasteiger partial charge on any atom is -0.506 e. The molecule has 0 saturated carbocycles. The van der Waals surface area contributed by atoms with Crippen molar-refractivity contribution in [2.24, 2.45) is 0 Å². The van der Waals surface area contributed by atoms with E-state index in [1.807, 2.05) is 26.0 Å². The van der Waals surface area contributed by atoms with E-state index in [4.69, 9.17) is 9.47 Å². The Morgan fingerprint density at radius 2 is 1.56 bits per heavy atom. The summed E-state index contributed by atoms with van der Waals surface area (Å²) in [7, 11) is 0. The van der Waals surface area contributed by atoms with Crippen LogP contribution in [0, 0.1) is 13.8 Å². The number of aromatic hydroxyl groups is 1. The number of ether oxygens (including phenoxy) is 2. The van der Waals surface area contributed by atoms with E-state index in [0.717, 1.165) is 33.9 Å². The number of carboxylic acids is 1. The van der Waals surface area contributed by atoms with Crippen molar-refractivity contribution in [3.63, 3.8) is 0 Å². The second-order valence-corrected chi connectivity index (χ2v) is 10.4. The molecule has 0 fully saturated rings. The smallest absolute Gasteiger partial charge is 0.419 e. The predicted molar refractivity (Wildman–Crippen MR) is 140 cm³/mol. The van der Waals surface area contributed by atoms with Crippen LogP contribution in [0.4, 0.5) is 13.2 Å². The van der Waals surface area contributed by atoms with Gasteiger partial charge in [-0.2, -0.15) is 13.2 Å². The second kappa shape index (κ2) is 11.0. The molecule has 0 heterocycles. The first-order chi connectivity index (χ1) is 18.0. The van der Waals surface area contributed by atoms with Crippen LogP contribution in [0.5, 0.6) is 11.5 Å². The highest BCUT2D eigenvalue weighted by atomic mass is 19.4. The third kappa shape index (κ3) is 6.90. The molecule has 0 aliphatic heterocycles. The first-order valence-corrected chi connectivity index (χ1v) is 12.2. The Labute approximate surface area is 225 Å². The summed E-state index contributed by atoms with van der Waals surface area (Å²) in [6.45, 7) is 9.80. The quantitative estimate of drug-likeness (QED) is 0.301. The van der Waals surface area contributed by atoms with E-state index in [0.29, 0.717) is 11.8 Å².